The topological polar surface area (TPSA) is 86.5 Å². The molecule has 0 aliphatic carbocycles. The molecule has 2 heterocycles. The van der Waals surface area contributed by atoms with Crippen LogP contribution in [-0.2, 0) is 0 Å². The molecule has 23 heavy (non-hydrogen) atoms. The molecule has 0 unspecified atom stereocenters. The van der Waals surface area contributed by atoms with E-state index in [1.165, 1.54) is 0 Å². The van der Waals surface area contributed by atoms with E-state index in [0.29, 0.717) is 0 Å². The minimum atomic E-state index is -0.196. The summed E-state index contributed by atoms with van der Waals surface area (Å²) in [6.45, 7) is 2.04. The van der Waals surface area contributed by atoms with Crippen LogP contribution in [0.25, 0.3) is 22.1 Å². The van der Waals surface area contributed by atoms with Crippen LogP contribution in [0.3, 0.4) is 0 Å². The minimum Gasteiger partial charge on any atom is -0.362 e. The Morgan fingerprint density at radius 3 is 2.70 bits per heavy atom. The highest BCUT2D eigenvalue weighted by molar-refractivity contribution is 5.76. The Morgan fingerprint density at radius 1 is 1.04 bits per heavy atom. The number of aromatic nitrogens is 4. The second kappa shape index (κ2) is 5.24. The Morgan fingerprint density at radius 2 is 1.83 bits per heavy atom. The molecular formula is C17H15N5O. The van der Waals surface area contributed by atoms with Crippen LogP contribution in [0.2, 0.25) is 0 Å². The highest BCUT2D eigenvalue weighted by Gasteiger charge is 2.09. The Balaban J connectivity index is 1.63. The number of imidazole rings is 1. The fourth-order valence-electron chi connectivity index (χ4n) is 2.65. The molecular weight excluding hydrogens is 290 g/mol. The maximum Gasteiger partial charge on any atom is 0.323 e. The zero-order valence-electron chi connectivity index (χ0n) is 12.5. The molecule has 0 saturated heterocycles. The molecule has 1 atom stereocenters. The van der Waals surface area contributed by atoms with Crippen LogP contribution in [0.1, 0.15) is 18.5 Å². The first kappa shape index (κ1) is 13.5. The third kappa shape index (κ3) is 2.55. The number of H-pyrrole nitrogens is 2. The summed E-state index contributed by atoms with van der Waals surface area (Å²) in [4.78, 5) is 25.8. The second-order valence-corrected chi connectivity index (χ2v) is 5.49. The van der Waals surface area contributed by atoms with Crippen molar-refractivity contribution in [3.63, 3.8) is 0 Å². The van der Waals surface area contributed by atoms with E-state index in [0.717, 1.165) is 33.4 Å². The predicted molar refractivity (Wildman–Crippen MR) is 90.5 cm³/mol. The van der Waals surface area contributed by atoms with Gasteiger partial charge in [-0.2, -0.15) is 0 Å². The molecule has 3 N–H and O–H groups in total. The lowest BCUT2D eigenvalue weighted by atomic mass is 10.1. The summed E-state index contributed by atoms with van der Waals surface area (Å²) < 4.78 is 0. The first-order valence-electron chi connectivity index (χ1n) is 7.39. The SMILES string of the molecule is C[C@H](Nc1cnc2ccccc2n1)c1ccc2[nH]c(=O)[nH]c2c1. The summed E-state index contributed by atoms with van der Waals surface area (Å²) in [6.07, 6.45) is 1.73. The average Bonchev–Trinajstić information content (AvgIpc) is 2.93. The molecule has 4 aromatic rings. The van der Waals surface area contributed by atoms with Crippen molar-refractivity contribution in [3.05, 3.63) is 64.7 Å². The molecule has 114 valence electrons. The third-order valence-electron chi connectivity index (χ3n) is 3.85. The molecule has 0 aliphatic rings. The first-order valence-corrected chi connectivity index (χ1v) is 7.39. The lowest BCUT2D eigenvalue weighted by Gasteiger charge is -2.15. The summed E-state index contributed by atoms with van der Waals surface area (Å²) in [6, 6.07) is 13.6. The van der Waals surface area contributed by atoms with Gasteiger partial charge in [-0.05, 0) is 36.8 Å². The Bertz CT molecular complexity index is 1050. The number of anilines is 1. The van der Waals surface area contributed by atoms with E-state index in [9.17, 15) is 4.79 Å². The van der Waals surface area contributed by atoms with Crippen LogP contribution in [0, 0.1) is 0 Å². The van der Waals surface area contributed by atoms with Crippen LogP contribution < -0.4 is 11.0 Å². The summed E-state index contributed by atoms with van der Waals surface area (Å²) in [5, 5.41) is 3.35. The number of hydrogen-bond donors (Lipinski definition) is 3. The number of hydrogen-bond acceptors (Lipinski definition) is 4. The highest BCUT2D eigenvalue weighted by atomic mass is 16.1. The van der Waals surface area contributed by atoms with Gasteiger partial charge in [0, 0.05) is 0 Å². The molecule has 0 amide bonds. The van der Waals surface area contributed by atoms with Gasteiger partial charge < -0.3 is 15.3 Å². The van der Waals surface area contributed by atoms with Crippen molar-refractivity contribution in [1.82, 2.24) is 19.9 Å². The zero-order valence-corrected chi connectivity index (χ0v) is 12.5. The van der Waals surface area contributed by atoms with Crippen molar-refractivity contribution in [1.29, 1.82) is 0 Å². The molecule has 0 fully saturated rings. The highest BCUT2D eigenvalue weighted by Crippen LogP contribution is 2.21. The lowest BCUT2D eigenvalue weighted by molar-refractivity contribution is 0.876. The lowest BCUT2D eigenvalue weighted by Crippen LogP contribution is -2.08. The van der Waals surface area contributed by atoms with Gasteiger partial charge in [-0.3, -0.25) is 4.98 Å². The summed E-state index contributed by atoms with van der Waals surface area (Å²) in [7, 11) is 0. The van der Waals surface area contributed by atoms with Crippen molar-refractivity contribution in [3.8, 4) is 0 Å². The van der Waals surface area contributed by atoms with Crippen molar-refractivity contribution in [2.45, 2.75) is 13.0 Å². The number of nitrogens with zero attached hydrogens (tertiary/aromatic N) is 2. The van der Waals surface area contributed by atoms with E-state index in [1.54, 1.807) is 6.20 Å². The molecule has 6 heteroatoms. The van der Waals surface area contributed by atoms with Crippen LogP contribution in [0.4, 0.5) is 5.82 Å². The maximum absolute atomic E-state index is 11.3. The predicted octanol–water partition coefficient (Wildman–Crippen LogP) is 2.97. The molecule has 4 rings (SSSR count). The van der Waals surface area contributed by atoms with Crippen molar-refractivity contribution < 1.29 is 0 Å². The normalized spacial score (nSPS) is 12.6. The van der Waals surface area contributed by atoms with E-state index < -0.39 is 0 Å². The standard InChI is InChI=1S/C17H15N5O/c1-10(11-6-7-14-15(8-11)22-17(23)21-14)19-16-9-18-12-4-2-3-5-13(12)20-16/h2-10H,1H3,(H,19,20)(H2,21,22,23)/t10-/m0/s1. The van der Waals surface area contributed by atoms with Crippen LogP contribution in [-0.4, -0.2) is 19.9 Å². The Hall–Kier alpha value is -3.15. The second-order valence-electron chi connectivity index (χ2n) is 5.49. The molecule has 2 aromatic carbocycles. The molecule has 0 bridgehead atoms. The summed E-state index contributed by atoms with van der Waals surface area (Å²) in [5.41, 5.74) is 4.19. The molecule has 2 aromatic heterocycles. The van der Waals surface area contributed by atoms with Crippen molar-refractivity contribution in [2.75, 3.05) is 5.32 Å². The first-order chi connectivity index (χ1) is 11.2. The quantitative estimate of drug-likeness (QED) is 0.543. The van der Waals surface area contributed by atoms with Gasteiger partial charge in [0.1, 0.15) is 5.82 Å². The number of para-hydroxylation sites is 2. The van der Waals surface area contributed by atoms with Gasteiger partial charge >= 0.3 is 5.69 Å². The number of rotatable bonds is 3. The van der Waals surface area contributed by atoms with E-state index in [2.05, 4.69) is 25.3 Å². The van der Waals surface area contributed by atoms with Gasteiger partial charge in [-0.15, -0.1) is 0 Å². The average molecular weight is 305 g/mol. The number of benzene rings is 2. The van der Waals surface area contributed by atoms with Gasteiger partial charge in [0.2, 0.25) is 0 Å². The maximum atomic E-state index is 11.3. The van der Waals surface area contributed by atoms with E-state index >= 15 is 0 Å². The zero-order chi connectivity index (χ0) is 15.8. The Kier molecular flexibility index (Phi) is 3.08. The van der Waals surface area contributed by atoms with E-state index in [4.69, 9.17) is 0 Å². The summed E-state index contributed by atoms with van der Waals surface area (Å²) in [5.74, 6) is 0.721. The molecule has 6 nitrogen and oxygen atoms in total. The molecule has 0 aliphatic heterocycles. The fraction of sp³-hybridized carbons (Fsp3) is 0.118. The van der Waals surface area contributed by atoms with Crippen molar-refractivity contribution in [2.24, 2.45) is 0 Å². The number of nitrogens with one attached hydrogen (secondary N) is 3. The third-order valence-corrected chi connectivity index (χ3v) is 3.85. The number of aromatic amines is 2. The van der Waals surface area contributed by atoms with Gasteiger partial charge in [0.15, 0.2) is 0 Å². The van der Waals surface area contributed by atoms with Crippen LogP contribution in [0.5, 0.6) is 0 Å². The smallest absolute Gasteiger partial charge is 0.323 e. The van der Waals surface area contributed by atoms with Gasteiger partial charge in [0.05, 0.1) is 34.3 Å². The molecule has 0 radical (unpaired) electrons. The number of fused-ring (bicyclic) bond motifs is 2. The van der Waals surface area contributed by atoms with Gasteiger partial charge in [-0.1, -0.05) is 18.2 Å². The van der Waals surface area contributed by atoms with E-state index in [-0.39, 0.29) is 11.7 Å². The van der Waals surface area contributed by atoms with E-state index in [1.807, 2.05) is 49.4 Å². The fourth-order valence-corrected chi connectivity index (χ4v) is 2.65. The van der Waals surface area contributed by atoms with Crippen LogP contribution >= 0.6 is 0 Å². The Labute approximate surface area is 131 Å². The van der Waals surface area contributed by atoms with Crippen LogP contribution in [0.15, 0.2) is 53.5 Å². The molecule has 0 spiro atoms. The molecule has 0 saturated carbocycles. The van der Waals surface area contributed by atoms with Crippen molar-refractivity contribution >= 4 is 27.9 Å². The van der Waals surface area contributed by atoms with Gasteiger partial charge in [0.25, 0.3) is 0 Å². The minimum absolute atomic E-state index is 0.0354. The van der Waals surface area contributed by atoms with Gasteiger partial charge in [-0.25, -0.2) is 9.78 Å². The summed E-state index contributed by atoms with van der Waals surface area (Å²) >= 11 is 0. The monoisotopic (exact) mass is 305 g/mol. The largest absolute Gasteiger partial charge is 0.362 e.